The average molecular weight is 433 g/mol. The van der Waals surface area contributed by atoms with Crippen molar-refractivity contribution >= 4 is 11.8 Å². The van der Waals surface area contributed by atoms with Crippen LogP contribution >= 0.6 is 0 Å². The highest BCUT2D eigenvalue weighted by Gasteiger charge is 2.48. The monoisotopic (exact) mass is 433 g/mol. The van der Waals surface area contributed by atoms with Crippen LogP contribution in [0.2, 0.25) is 0 Å². The second-order valence-corrected chi connectivity index (χ2v) is 8.60. The Morgan fingerprint density at radius 2 is 2.00 bits per heavy atom. The SMILES string of the molecule is C/C=C/CN1CC(c2ccc(C(=O)N3CCOCC3)c(F)c2F)C2CC(C)NC2C1=O. The van der Waals surface area contributed by atoms with Crippen molar-refractivity contribution in [3.8, 4) is 0 Å². The number of allylic oxidation sites excluding steroid dienone is 1. The highest BCUT2D eigenvalue weighted by atomic mass is 19.2. The molecule has 3 aliphatic rings. The Bertz CT molecular complexity index is 885. The molecule has 4 rings (SSSR count). The first kappa shape index (κ1) is 21.9. The molecule has 0 saturated carbocycles. The van der Waals surface area contributed by atoms with E-state index in [9.17, 15) is 9.59 Å². The number of halogens is 2. The van der Waals surface area contributed by atoms with Crippen molar-refractivity contribution in [3.05, 3.63) is 47.0 Å². The molecule has 0 aliphatic carbocycles. The fourth-order valence-corrected chi connectivity index (χ4v) is 5.03. The second kappa shape index (κ2) is 9.04. The largest absolute Gasteiger partial charge is 0.378 e. The number of morpholine rings is 1. The molecule has 2 amide bonds. The molecule has 0 radical (unpaired) electrons. The van der Waals surface area contributed by atoms with Crippen molar-refractivity contribution in [2.75, 3.05) is 39.4 Å². The molecule has 3 heterocycles. The van der Waals surface area contributed by atoms with Crippen molar-refractivity contribution in [2.24, 2.45) is 5.92 Å². The molecule has 3 fully saturated rings. The zero-order valence-corrected chi connectivity index (χ0v) is 17.9. The van der Waals surface area contributed by atoms with Crippen molar-refractivity contribution in [3.63, 3.8) is 0 Å². The van der Waals surface area contributed by atoms with Gasteiger partial charge in [0.1, 0.15) is 0 Å². The van der Waals surface area contributed by atoms with Gasteiger partial charge in [-0.25, -0.2) is 8.78 Å². The molecular formula is C23H29F2N3O3. The maximum atomic E-state index is 15.3. The number of hydrogen-bond donors (Lipinski definition) is 1. The Morgan fingerprint density at radius 3 is 2.71 bits per heavy atom. The molecule has 4 atom stereocenters. The summed E-state index contributed by atoms with van der Waals surface area (Å²) < 4.78 is 35.6. The average Bonchev–Trinajstić information content (AvgIpc) is 3.18. The molecule has 0 spiro atoms. The first-order chi connectivity index (χ1) is 14.9. The number of carbonyl (C=O) groups excluding carboxylic acids is 2. The van der Waals surface area contributed by atoms with Crippen LogP contribution in [-0.4, -0.2) is 73.1 Å². The van der Waals surface area contributed by atoms with Crippen LogP contribution < -0.4 is 5.32 Å². The van der Waals surface area contributed by atoms with Crippen LogP contribution in [0.5, 0.6) is 0 Å². The molecule has 3 aliphatic heterocycles. The fourth-order valence-electron chi connectivity index (χ4n) is 5.03. The molecule has 8 heteroatoms. The van der Waals surface area contributed by atoms with Crippen LogP contribution in [0.4, 0.5) is 8.78 Å². The number of hydrogen-bond acceptors (Lipinski definition) is 4. The smallest absolute Gasteiger partial charge is 0.257 e. The number of carbonyl (C=O) groups is 2. The van der Waals surface area contributed by atoms with Crippen LogP contribution in [0.3, 0.4) is 0 Å². The van der Waals surface area contributed by atoms with Gasteiger partial charge in [0.05, 0.1) is 24.8 Å². The van der Waals surface area contributed by atoms with Gasteiger partial charge in [-0.05, 0) is 37.8 Å². The number of benzene rings is 1. The molecule has 6 nitrogen and oxygen atoms in total. The summed E-state index contributed by atoms with van der Waals surface area (Å²) in [5, 5.41) is 3.31. The zero-order valence-electron chi connectivity index (χ0n) is 17.9. The van der Waals surface area contributed by atoms with Gasteiger partial charge in [0.15, 0.2) is 11.6 Å². The third-order valence-corrected chi connectivity index (χ3v) is 6.63. The van der Waals surface area contributed by atoms with E-state index in [2.05, 4.69) is 5.32 Å². The molecule has 4 unspecified atom stereocenters. The van der Waals surface area contributed by atoms with E-state index in [1.165, 1.54) is 17.0 Å². The van der Waals surface area contributed by atoms with E-state index in [0.717, 1.165) is 0 Å². The van der Waals surface area contributed by atoms with Gasteiger partial charge in [-0.2, -0.15) is 0 Å². The number of likely N-dealkylation sites (tertiary alicyclic amines) is 1. The van der Waals surface area contributed by atoms with Gasteiger partial charge in [0, 0.05) is 38.1 Å². The van der Waals surface area contributed by atoms with E-state index in [0.29, 0.717) is 45.8 Å². The molecular weight excluding hydrogens is 404 g/mol. The van der Waals surface area contributed by atoms with E-state index in [-0.39, 0.29) is 34.9 Å². The molecule has 168 valence electrons. The Hall–Kier alpha value is -2.32. The zero-order chi connectivity index (χ0) is 22.1. The summed E-state index contributed by atoms with van der Waals surface area (Å²) in [5.41, 5.74) is -0.0184. The third kappa shape index (κ3) is 4.11. The van der Waals surface area contributed by atoms with E-state index in [1.807, 2.05) is 26.0 Å². The lowest BCUT2D eigenvalue weighted by Crippen LogP contribution is -2.55. The topological polar surface area (TPSA) is 61.9 Å². The van der Waals surface area contributed by atoms with Crippen molar-refractivity contribution in [2.45, 2.75) is 38.3 Å². The van der Waals surface area contributed by atoms with Crippen LogP contribution in [0, 0.1) is 17.6 Å². The van der Waals surface area contributed by atoms with Gasteiger partial charge < -0.3 is 19.9 Å². The molecule has 3 saturated heterocycles. The Kier molecular flexibility index (Phi) is 6.39. The van der Waals surface area contributed by atoms with Gasteiger partial charge in [0.2, 0.25) is 5.91 Å². The summed E-state index contributed by atoms with van der Waals surface area (Å²) in [6, 6.07) is 2.63. The maximum Gasteiger partial charge on any atom is 0.257 e. The summed E-state index contributed by atoms with van der Waals surface area (Å²) in [6.45, 7) is 6.14. The van der Waals surface area contributed by atoms with Gasteiger partial charge in [-0.1, -0.05) is 18.2 Å². The normalized spacial score (nSPS) is 29.0. The van der Waals surface area contributed by atoms with E-state index >= 15 is 8.78 Å². The van der Waals surface area contributed by atoms with Crippen molar-refractivity contribution in [1.29, 1.82) is 0 Å². The third-order valence-electron chi connectivity index (χ3n) is 6.63. The van der Waals surface area contributed by atoms with E-state index < -0.39 is 23.6 Å². The van der Waals surface area contributed by atoms with Crippen LogP contribution in [0.25, 0.3) is 0 Å². The van der Waals surface area contributed by atoms with Gasteiger partial charge in [-0.3, -0.25) is 9.59 Å². The number of nitrogens with one attached hydrogen (secondary N) is 1. The van der Waals surface area contributed by atoms with Crippen molar-refractivity contribution in [1.82, 2.24) is 15.1 Å². The Morgan fingerprint density at radius 1 is 1.26 bits per heavy atom. The maximum absolute atomic E-state index is 15.3. The summed E-state index contributed by atoms with van der Waals surface area (Å²) >= 11 is 0. The minimum absolute atomic E-state index is 0.00342. The molecule has 31 heavy (non-hydrogen) atoms. The van der Waals surface area contributed by atoms with Gasteiger partial charge in [0.25, 0.3) is 5.91 Å². The number of nitrogens with zero attached hydrogens (tertiary/aromatic N) is 2. The lowest BCUT2D eigenvalue weighted by molar-refractivity contribution is -0.137. The fraction of sp³-hybridized carbons (Fsp3) is 0.565. The summed E-state index contributed by atoms with van der Waals surface area (Å²) in [4.78, 5) is 28.8. The predicted octanol–water partition coefficient (Wildman–Crippen LogP) is 2.31. The standard InChI is InChI=1S/C23H29F2N3O3/c1-3-4-7-28-13-18(17-12-14(2)26-21(17)23(28)30)15-5-6-16(20(25)19(15)24)22(29)27-8-10-31-11-9-27/h3-6,14,17-18,21,26H,7-13H2,1-2H3/b4-3+. The number of rotatable bonds is 4. The molecule has 1 aromatic rings. The first-order valence-corrected chi connectivity index (χ1v) is 10.9. The molecule has 0 bridgehead atoms. The minimum Gasteiger partial charge on any atom is -0.378 e. The van der Waals surface area contributed by atoms with Gasteiger partial charge >= 0.3 is 0 Å². The highest BCUT2D eigenvalue weighted by molar-refractivity contribution is 5.94. The lowest BCUT2D eigenvalue weighted by Gasteiger charge is -2.40. The lowest BCUT2D eigenvalue weighted by atomic mass is 9.77. The second-order valence-electron chi connectivity index (χ2n) is 8.60. The predicted molar refractivity (Wildman–Crippen MR) is 112 cm³/mol. The molecule has 1 N–H and O–H groups in total. The van der Waals surface area contributed by atoms with Crippen molar-refractivity contribution < 1.29 is 23.1 Å². The molecule has 0 aromatic heterocycles. The Balaban J connectivity index is 1.64. The van der Waals surface area contributed by atoms with E-state index in [4.69, 9.17) is 4.74 Å². The number of amides is 2. The first-order valence-electron chi connectivity index (χ1n) is 10.9. The van der Waals surface area contributed by atoms with Crippen LogP contribution in [0.1, 0.15) is 42.1 Å². The summed E-state index contributed by atoms with van der Waals surface area (Å²) in [6.07, 6.45) is 4.47. The van der Waals surface area contributed by atoms with E-state index in [1.54, 1.807) is 4.90 Å². The van der Waals surface area contributed by atoms with Crippen LogP contribution in [0.15, 0.2) is 24.3 Å². The number of piperidine rings is 1. The summed E-state index contributed by atoms with van der Waals surface area (Å²) in [5.74, 6) is -3.06. The quantitative estimate of drug-likeness (QED) is 0.741. The summed E-state index contributed by atoms with van der Waals surface area (Å²) in [7, 11) is 0. The Labute approximate surface area is 181 Å². The minimum atomic E-state index is -1.11. The number of ether oxygens (including phenoxy) is 1. The van der Waals surface area contributed by atoms with Gasteiger partial charge in [-0.15, -0.1) is 0 Å². The van der Waals surface area contributed by atoms with Crippen LogP contribution in [-0.2, 0) is 9.53 Å². The highest BCUT2D eigenvalue weighted by Crippen LogP contribution is 2.41. The number of fused-ring (bicyclic) bond motifs is 1. The molecule has 1 aromatic carbocycles.